The molecule has 0 saturated carbocycles. The van der Waals surface area contributed by atoms with E-state index in [1.165, 1.54) is 6.34 Å². The molecule has 0 aromatic heterocycles. The monoisotopic (exact) mass is 268 g/mol. The van der Waals surface area contributed by atoms with Crippen LogP contribution in [0.25, 0.3) is 0 Å². The van der Waals surface area contributed by atoms with Gasteiger partial charge in [-0.3, -0.25) is 4.79 Å². The van der Waals surface area contributed by atoms with Crippen LogP contribution in [0.4, 0.5) is 0 Å². The fourth-order valence-electron chi connectivity index (χ4n) is 1.08. The number of hydrogen-bond donors (Lipinski definition) is 0. The van der Waals surface area contributed by atoms with E-state index < -0.39 is 0 Å². The van der Waals surface area contributed by atoms with Gasteiger partial charge in [-0.2, -0.15) is 4.99 Å². The van der Waals surface area contributed by atoms with Crippen molar-refractivity contribution in [2.24, 2.45) is 4.99 Å². The summed E-state index contributed by atoms with van der Waals surface area (Å²) < 4.78 is 0.924. The first-order chi connectivity index (χ1) is 7.02. The van der Waals surface area contributed by atoms with E-state index in [1.54, 1.807) is 11.0 Å². The first-order valence-electron chi connectivity index (χ1n) is 4.52. The molecule has 1 aromatic carbocycles. The lowest BCUT2D eigenvalue weighted by molar-refractivity contribution is 0.100. The zero-order valence-electron chi connectivity index (χ0n) is 8.99. The molecule has 15 heavy (non-hydrogen) atoms. The lowest BCUT2D eigenvalue weighted by atomic mass is 10.1. The van der Waals surface area contributed by atoms with Gasteiger partial charge in [0.25, 0.3) is 5.91 Å². The molecule has 0 aliphatic rings. The van der Waals surface area contributed by atoms with Gasteiger partial charge in [-0.1, -0.05) is 22.0 Å². The molecule has 0 heterocycles. The highest BCUT2D eigenvalue weighted by molar-refractivity contribution is 9.10. The second-order valence-electron chi connectivity index (χ2n) is 3.43. The predicted octanol–water partition coefficient (Wildman–Crippen LogP) is 2.49. The summed E-state index contributed by atoms with van der Waals surface area (Å²) in [6.07, 6.45) is 1.50. The van der Waals surface area contributed by atoms with Crippen LogP contribution in [0.1, 0.15) is 15.9 Å². The molecule has 0 bridgehead atoms. The number of amides is 1. The van der Waals surface area contributed by atoms with Crippen LogP contribution in [0.5, 0.6) is 0 Å². The van der Waals surface area contributed by atoms with Crippen molar-refractivity contribution in [2.75, 3.05) is 14.1 Å². The van der Waals surface area contributed by atoms with Crippen LogP contribution in [0.2, 0.25) is 0 Å². The normalized spacial score (nSPS) is 10.7. The van der Waals surface area contributed by atoms with E-state index >= 15 is 0 Å². The Kier molecular flexibility index (Phi) is 4.03. The van der Waals surface area contributed by atoms with Gasteiger partial charge in [-0.25, -0.2) is 0 Å². The number of hydrogen-bond acceptors (Lipinski definition) is 1. The highest BCUT2D eigenvalue weighted by Gasteiger charge is 2.08. The summed E-state index contributed by atoms with van der Waals surface area (Å²) in [4.78, 5) is 17.2. The Bertz CT molecular complexity index is 400. The van der Waals surface area contributed by atoms with Crippen molar-refractivity contribution in [3.8, 4) is 0 Å². The molecule has 0 radical (unpaired) electrons. The molecule has 0 unspecified atom stereocenters. The Balaban J connectivity index is 2.97. The van der Waals surface area contributed by atoms with Gasteiger partial charge in [-0.05, 0) is 24.6 Å². The van der Waals surface area contributed by atoms with Crippen molar-refractivity contribution in [2.45, 2.75) is 6.92 Å². The molecule has 0 spiro atoms. The molecule has 0 saturated heterocycles. The SMILES string of the molecule is Cc1c(Br)cccc1C(=O)N=CN(C)C. The maximum absolute atomic E-state index is 11.7. The van der Waals surface area contributed by atoms with Gasteiger partial charge < -0.3 is 4.90 Å². The third-order valence-corrected chi connectivity index (χ3v) is 2.76. The van der Waals surface area contributed by atoms with Gasteiger partial charge in [0.1, 0.15) is 0 Å². The van der Waals surface area contributed by atoms with Crippen LogP contribution in [0.15, 0.2) is 27.7 Å². The first-order valence-corrected chi connectivity index (χ1v) is 5.31. The van der Waals surface area contributed by atoms with Crippen molar-refractivity contribution >= 4 is 28.2 Å². The molecule has 0 aliphatic carbocycles. The van der Waals surface area contributed by atoms with E-state index in [9.17, 15) is 4.79 Å². The maximum Gasteiger partial charge on any atom is 0.278 e. The predicted molar refractivity (Wildman–Crippen MR) is 65.4 cm³/mol. The second-order valence-corrected chi connectivity index (χ2v) is 4.28. The van der Waals surface area contributed by atoms with Gasteiger partial charge in [-0.15, -0.1) is 0 Å². The summed E-state index contributed by atoms with van der Waals surface area (Å²) >= 11 is 3.38. The third kappa shape index (κ3) is 3.16. The van der Waals surface area contributed by atoms with E-state index in [0.29, 0.717) is 5.56 Å². The zero-order valence-corrected chi connectivity index (χ0v) is 10.6. The van der Waals surface area contributed by atoms with E-state index in [1.807, 2.05) is 33.2 Å². The molecule has 0 N–H and O–H groups in total. The molecule has 4 heteroatoms. The molecular formula is C11H13BrN2O. The van der Waals surface area contributed by atoms with Crippen LogP contribution >= 0.6 is 15.9 Å². The summed E-state index contributed by atoms with van der Waals surface area (Å²) in [6, 6.07) is 5.51. The topological polar surface area (TPSA) is 32.7 Å². The lowest BCUT2D eigenvalue weighted by Crippen LogP contribution is -2.10. The molecule has 1 amide bonds. The minimum Gasteiger partial charge on any atom is -0.369 e. The Hall–Kier alpha value is -1.16. The number of benzene rings is 1. The fraction of sp³-hybridized carbons (Fsp3) is 0.273. The number of nitrogens with zero attached hydrogens (tertiary/aromatic N) is 2. The highest BCUT2D eigenvalue weighted by Crippen LogP contribution is 2.19. The first kappa shape index (κ1) is 11.9. The van der Waals surface area contributed by atoms with Crippen LogP contribution in [0.3, 0.4) is 0 Å². The number of rotatable bonds is 2. The maximum atomic E-state index is 11.7. The second kappa shape index (κ2) is 5.07. The van der Waals surface area contributed by atoms with E-state index in [0.717, 1.165) is 10.0 Å². The van der Waals surface area contributed by atoms with E-state index in [2.05, 4.69) is 20.9 Å². The van der Waals surface area contributed by atoms with Crippen molar-refractivity contribution in [3.05, 3.63) is 33.8 Å². The van der Waals surface area contributed by atoms with E-state index in [4.69, 9.17) is 0 Å². The van der Waals surface area contributed by atoms with Crippen molar-refractivity contribution in [1.82, 2.24) is 4.90 Å². The lowest BCUT2D eigenvalue weighted by Gasteiger charge is -2.04. The minimum absolute atomic E-state index is 0.220. The Labute approximate surface area is 97.9 Å². The van der Waals surface area contributed by atoms with Crippen LogP contribution in [-0.4, -0.2) is 31.2 Å². The Morgan fingerprint density at radius 1 is 1.47 bits per heavy atom. The smallest absolute Gasteiger partial charge is 0.278 e. The van der Waals surface area contributed by atoms with Gasteiger partial charge in [0, 0.05) is 24.1 Å². The minimum atomic E-state index is -0.220. The van der Waals surface area contributed by atoms with Gasteiger partial charge in [0.15, 0.2) is 0 Å². The molecular weight excluding hydrogens is 256 g/mol. The van der Waals surface area contributed by atoms with Gasteiger partial charge in [0.2, 0.25) is 0 Å². The fourth-order valence-corrected chi connectivity index (χ4v) is 1.44. The Morgan fingerprint density at radius 2 is 2.13 bits per heavy atom. The summed E-state index contributed by atoms with van der Waals surface area (Å²) in [7, 11) is 3.65. The largest absolute Gasteiger partial charge is 0.369 e. The molecule has 0 aliphatic heterocycles. The zero-order chi connectivity index (χ0) is 11.4. The molecule has 1 rings (SSSR count). The quantitative estimate of drug-likeness (QED) is 0.610. The van der Waals surface area contributed by atoms with Crippen molar-refractivity contribution in [1.29, 1.82) is 0 Å². The number of aliphatic imine (C=N–C) groups is 1. The summed E-state index contributed by atoms with van der Waals surface area (Å²) in [6.45, 7) is 1.89. The summed E-state index contributed by atoms with van der Waals surface area (Å²) in [5.74, 6) is -0.220. The van der Waals surface area contributed by atoms with Gasteiger partial charge in [0.05, 0.1) is 6.34 Å². The third-order valence-electron chi connectivity index (χ3n) is 1.90. The van der Waals surface area contributed by atoms with Crippen LogP contribution in [0, 0.1) is 6.92 Å². The van der Waals surface area contributed by atoms with Crippen LogP contribution < -0.4 is 0 Å². The highest BCUT2D eigenvalue weighted by atomic mass is 79.9. The number of carbonyl (C=O) groups excluding carboxylic acids is 1. The average Bonchev–Trinajstić information content (AvgIpc) is 2.18. The summed E-state index contributed by atoms with van der Waals surface area (Å²) in [5, 5.41) is 0. The molecule has 80 valence electrons. The van der Waals surface area contributed by atoms with Crippen molar-refractivity contribution < 1.29 is 4.79 Å². The van der Waals surface area contributed by atoms with Gasteiger partial charge >= 0.3 is 0 Å². The Morgan fingerprint density at radius 3 is 2.73 bits per heavy atom. The average molecular weight is 269 g/mol. The number of carbonyl (C=O) groups is 1. The number of halogens is 1. The van der Waals surface area contributed by atoms with E-state index in [-0.39, 0.29) is 5.91 Å². The van der Waals surface area contributed by atoms with Crippen LogP contribution in [-0.2, 0) is 0 Å². The standard InChI is InChI=1S/C11H13BrN2O/c1-8-9(5-4-6-10(8)12)11(15)13-7-14(2)3/h4-7H,1-3H3. The molecule has 0 fully saturated rings. The summed E-state index contributed by atoms with van der Waals surface area (Å²) in [5.41, 5.74) is 1.54. The molecule has 3 nitrogen and oxygen atoms in total. The molecule has 1 aromatic rings. The van der Waals surface area contributed by atoms with Crippen molar-refractivity contribution in [3.63, 3.8) is 0 Å². The molecule has 0 atom stereocenters.